The van der Waals surface area contributed by atoms with Crippen LogP contribution in [-0.2, 0) is 29.0 Å². The molecule has 0 aliphatic carbocycles. The van der Waals surface area contributed by atoms with E-state index in [2.05, 4.69) is 6.92 Å². The predicted molar refractivity (Wildman–Crippen MR) is 132 cm³/mol. The number of halogens is 1. The van der Waals surface area contributed by atoms with E-state index in [4.69, 9.17) is 9.15 Å². The number of aryl methyl sites for hydroxylation is 1. The average Bonchev–Trinajstić information content (AvgIpc) is 3.39. The minimum Gasteiger partial charge on any atom is -0.467 e. The van der Waals surface area contributed by atoms with E-state index in [-0.39, 0.29) is 37.3 Å². The van der Waals surface area contributed by atoms with Gasteiger partial charge in [-0.3, -0.25) is 9.59 Å². The second kappa shape index (κ2) is 13.4. The number of nitrogens with zero attached hydrogens (tertiary/aromatic N) is 2. The number of rotatable bonds is 13. The Bertz CT molecular complexity index is 1050. The molecule has 2 aromatic carbocycles. The Labute approximate surface area is 206 Å². The van der Waals surface area contributed by atoms with Crippen molar-refractivity contribution in [2.24, 2.45) is 0 Å². The van der Waals surface area contributed by atoms with Gasteiger partial charge in [0.2, 0.25) is 5.91 Å². The van der Waals surface area contributed by atoms with E-state index in [0.717, 1.165) is 17.5 Å². The van der Waals surface area contributed by atoms with Gasteiger partial charge in [0.05, 0.1) is 12.8 Å². The molecule has 0 bridgehead atoms. The van der Waals surface area contributed by atoms with E-state index in [1.54, 1.807) is 52.5 Å². The molecule has 1 aromatic heterocycles. The molecule has 2 amide bonds. The molecule has 3 aromatic rings. The highest BCUT2D eigenvalue weighted by Crippen LogP contribution is 2.14. The summed E-state index contributed by atoms with van der Waals surface area (Å²) in [6.45, 7) is 5.91. The fourth-order valence-corrected chi connectivity index (χ4v) is 3.72. The zero-order valence-electron chi connectivity index (χ0n) is 20.4. The molecule has 3 rings (SSSR count). The summed E-state index contributed by atoms with van der Waals surface area (Å²) >= 11 is 0. The van der Waals surface area contributed by atoms with Crippen molar-refractivity contribution in [3.63, 3.8) is 0 Å². The molecule has 0 atom stereocenters. The summed E-state index contributed by atoms with van der Waals surface area (Å²) in [4.78, 5) is 30.0. The van der Waals surface area contributed by atoms with Crippen LogP contribution in [-0.4, -0.2) is 47.9 Å². The van der Waals surface area contributed by atoms with Crippen LogP contribution in [0.15, 0.2) is 71.3 Å². The highest BCUT2D eigenvalue weighted by atomic mass is 19.1. The summed E-state index contributed by atoms with van der Waals surface area (Å²) in [6.07, 6.45) is 3.06. The monoisotopic (exact) mass is 480 g/mol. The third-order valence-electron chi connectivity index (χ3n) is 5.71. The number of amides is 2. The van der Waals surface area contributed by atoms with Gasteiger partial charge in [0, 0.05) is 31.9 Å². The molecule has 1 heterocycles. The van der Waals surface area contributed by atoms with Gasteiger partial charge < -0.3 is 19.0 Å². The molecule has 0 spiro atoms. The molecule has 0 unspecified atom stereocenters. The molecule has 0 saturated carbocycles. The second-order valence-corrected chi connectivity index (χ2v) is 8.28. The standard InChI is InChI=1S/C28H33FN2O4/c1-3-22-8-12-24(13-9-22)28(33)30(16-6-17-34-4-2)21-27(32)31(20-26-7-5-18-35-26)19-23-10-14-25(29)15-11-23/h5,7-15,18H,3-4,6,16-17,19-21H2,1-2H3. The fourth-order valence-electron chi connectivity index (χ4n) is 3.72. The number of hydrogen-bond donors (Lipinski definition) is 0. The third-order valence-corrected chi connectivity index (χ3v) is 5.71. The lowest BCUT2D eigenvalue weighted by Gasteiger charge is -2.27. The van der Waals surface area contributed by atoms with Gasteiger partial charge in [-0.1, -0.05) is 31.2 Å². The van der Waals surface area contributed by atoms with Gasteiger partial charge in [0.15, 0.2) is 0 Å². The Hall–Kier alpha value is -3.45. The Balaban J connectivity index is 1.78. The van der Waals surface area contributed by atoms with Crippen LogP contribution >= 0.6 is 0 Å². The van der Waals surface area contributed by atoms with Gasteiger partial charge in [-0.05, 0) is 67.3 Å². The highest BCUT2D eigenvalue weighted by molar-refractivity contribution is 5.96. The van der Waals surface area contributed by atoms with E-state index in [1.165, 1.54) is 12.1 Å². The quantitative estimate of drug-likeness (QED) is 0.320. The molecular weight excluding hydrogens is 447 g/mol. The first-order valence-electron chi connectivity index (χ1n) is 12.0. The SMILES string of the molecule is CCOCCCN(CC(=O)N(Cc1ccc(F)cc1)Cc1ccco1)C(=O)c1ccc(CC)cc1. The van der Waals surface area contributed by atoms with Crippen LogP contribution < -0.4 is 0 Å². The summed E-state index contributed by atoms with van der Waals surface area (Å²) in [7, 11) is 0. The third kappa shape index (κ3) is 8.07. The van der Waals surface area contributed by atoms with Crippen LogP contribution in [0.1, 0.15) is 47.5 Å². The van der Waals surface area contributed by atoms with Gasteiger partial charge >= 0.3 is 0 Å². The number of carbonyl (C=O) groups is 2. The summed E-state index contributed by atoms with van der Waals surface area (Å²) in [5.74, 6) is -0.124. The van der Waals surface area contributed by atoms with Gasteiger partial charge in [-0.15, -0.1) is 0 Å². The van der Waals surface area contributed by atoms with Gasteiger partial charge in [0.1, 0.15) is 18.1 Å². The minimum absolute atomic E-state index is 0.0810. The first kappa shape index (κ1) is 26.2. The zero-order chi connectivity index (χ0) is 25.0. The Morgan fingerprint density at radius 2 is 1.63 bits per heavy atom. The van der Waals surface area contributed by atoms with E-state index >= 15 is 0 Å². The topological polar surface area (TPSA) is 63.0 Å². The minimum atomic E-state index is -0.335. The van der Waals surface area contributed by atoms with Crippen molar-refractivity contribution < 1.29 is 23.1 Å². The van der Waals surface area contributed by atoms with Crippen molar-refractivity contribution in [1.82, 2.24) is 9.80 Å². The molecule has 0 radical (unpaired) electrons. The molecule has 0 saturated heterocycles. The van der Waals surface area contributed by atoms with Crippen molar-refractivity contribution >= 4 is 11.8 Å². The summed E-state index contributed by atoms with van der Waals surface area (Å²) in [6, 6.07) is 17.1. The van der Waals surface area contributed by atoms with Crippen LogP contribution in [0, 0.1) is 5.82 Å². The maximum atomic E-state index is 13.5. The lowest BCUT2D eigenvalue weighted by atomic mass is 10.1. The van der Waals surface area contributed by atoms with Crippen LogP contribution in [0.5, 0.6) is 0 Å². The largest absolute Gasteiger partial charge is 0.467 e. The highest BCUT2D eigenvalue weighted by Gasteiger charge is 2.23. The van der Waals surface area contributed by atoms with Crippen LogP contribution in [0.3, 0.4) is 0 Å². The maximum Gasteiger partial charge on any atom is 0.254 e. The lowest BCUT2D eigenvalue weighted by Crippen LogP contribution is -2.43. The predicted octanol–water partition coefficient (Wildman–Crippen LogP) is 5.08. The van der Waals surface area contributed by atoms with Crippen molar-refractivity contribution in [2.75, 3.05) is 26.3 Å². The van der Waals surface area contributed by atoms with Gasteiger partial charge in [-0.2, -0.15) is 0 Å². The number of furan rings is 1. The molecule has 0 fully saturated rings. The van der Waals surface area contributed by atoms with E-state index < -0.39 is 0 Å². The smallest absolute Gasteiger partial charge is 0.254 e. The lowest BCUT2D eigenvalue weighted by molar-refractivity contribution is -0.133. The van der Waals surface area contributed by atoms with Crippen LogP contribution in [0.2, 0.25) is 0 Å². The molecule has 186 valence electrons. The maximum absolute atomic E-state index is 13.5. The Morgan fingerprint density at radius 3 is 2.26 bits per heavy atom. The molecule has 0 aliphatic heterocycles. The zero-order valence-corrected chi connectivity index (χ0v) is 20.4. The normalized spacial score (nSPS) is 10.8. The first-order valence-corrected chi connectivity index (χ1v) is 12.0. The van der Waals surface area contributed by atoms with Crippen molar-refractivity contribution in [1.29, 1.82) is 0 Å². The van der Waals surface area contributed by atoms with Crippen molar-refractivity contribution in [3.05, 3.63) is 95.2 Å². The Kier molecular flexibility index (Phi) is 10.0. The Morgan fingerprint density at radius 1 is 0.914 bits per heavy atom. The van der Waals surface area contributed by atoms with Crippen LogP contribution in [0.25, 0.3) is 0 Å². The van der Waals surface area contributed by atoms with E-state index in [0.29, 0.717) is 37.5 Å². The van der Waals surface area contributed by atoms with E-state index in [1.807, 2.05) is 19.1 Å². The number of carbonyl (C=O) groups excluding carboxylic acids is 2. The van der Waals surface area contributed by atoms with Crippen molar-refractivity contribution in [2.45, 2.75) is 39.8 Å². The van der Waals surface area contributed by atoms with Crippen molar-refractivity contribution in [3.8, 4) is 0 Å². The summed E-state index contributed by atoms with van der Waals surface area (Å²) < 4.78 is 24.3. The fraction of sp³-hybridized carbons (Fsp3) is 0.357. The molecular formula is C28H33FN2O4. The number of hydrogen-bond acceptors (Lipinski definition) is 4. The molecule has 35 heavy (non-hydrogen) atoms. The van der Waals surface area contributed by atoms with Crippen LogP contribution in [0.4, 0.5) is 4.39 Å². The summed E-state index contributed by atoms with van der Waals surface area (Å²) in [5, 5.41) is 0. The molecule has 0 aliphatic rings. The van der Waals surface area contributed by atoms with E-state index in [9.17, 15) is 14.0 Å². The molecule has 6 nitrogen and oxygen atoms in total. The summed E-state index contributed by atoms with van der Waals surface area (Å²) in [5.41, 5.74) is 2.47. The number of ether oxygens (including phenoxy) is 1. The van der Waals surface area contributed by atoms with Gasteiger partial charge in [0.25, 0.3) is 5.91 Å². The second-order valence-electron chi connectivity index (χ2n) is 8.28. The molecule has 0 N–H and O–H groups in total. The first-order chi connectivity index (χ1) is 17.0. The molecule has 7 heteroatoms. The van der Waals surface area contributed by atoms with Gasteiger partial charge in [-0.25, -0.2) is 4.39 Å². The average molecular weight is 481 g/mol. The number of benzene rings is 2.